The van der Waals surface area contributed by atoms with Gasteiger partial charge in [0, 0.05) is 28.6 Å². The van der Waals surface area contributed by atoms with Crippen LogP contribution in [0.1, 0.15) is 5.56 Å². The van der Waals surface area contributed by atoms with Gasteiger partial charge in [0.05, 0.1) is 10.5 Å². The summed E-state index contributed by atoms with van der Waals surface area (Å²) in [6.07, 6.45) is 0. The number of benzene rings is 4. The molecule has 1 aromatic heterocycles. The van der Waals surface area contributed by atoms with E-state index in [2.05, 4.69) is 5.10 Å². The smallest absolute Gasteiger partial charge is 0.342 e. The zero-order chi connectivity index (χ0) is 25.1. The molecule has 0 N–H and O–H groups in total. The number of nitrogens with zero attached hydrogens (tertiary/aromatic N) is 5. The second-order valence-electron chi connectivity index (χ2n) is 7.79. The number of non-ortho nitro benzene ring substituents is 1. The first-order valence-electron chi connectivity index (χ1n) is 10.9. The van der Waals surface area contributed by atoms with Crippen LogP contribution < -0.4 is 9.79 Å². The molecule has 0 saturated heterocycles. The molecule has 0 aliphatic rings. The van der Waals surface area contributed by atoms with E-state index < -0.39 is 10.8 Å². The second-order valence-corrected chi connectivity index (χ2v) is 8.22. The molecule has 0 aliphatic heterocycles. The molecular weight excluding hydrogens is 478 g/mol. The molecule has 9 heteroatoms. The average Bonchev–Trinajstić information content (AvgIpc) is 3.29. The average molecular weight is 496 g/mol. The van der Waals surface area contributed by atoms with Gasteiger partial charge in [-0.15, -0.1) is 0 Å². The monoisotopic (exact) mass is 495 g/mol. The Morgan fingerprint density at radius 1 is 0.833 bits per heavy atom. The van der Waals surface area contributed by atoms with E-state index in [-0.39, 0.29) is 11.3 Å². The summed E-state index contributed by atoms with van der Waals surface area (Å²) in [6, 6.07) is 31.4. The van der Waals surface area contributed by atoms with Crippen molar-refractivity contribution in [2.45, 2.75) is 0 Å². The number of halogens is 1. The van der Waals surface area contributed by atoms with Crippen molar-refractivity contribution in [3.05, 3.63) is 130 Å². The molecule has 0 spiro atoms. The SMILES string of the molecule is O=[N+]([O-])c1ccc(/C([O-])=N\n2c(-c3ccc(Cl)cc3)n[n+](-c3ccccc3)c2-c2ccccc2)cc1. The predicted molar refractivity (Wildman–Crippen MR) is 135 cm³/mol. The Morgan fingerprint density at radius 3 is 2.06 bits per heavy atom. The molecule has 0 aliphatic carbocycles. The summed E-state index contributed by atoms with van der Waals surface area (Å²) in [5.74, 6) is 0.404. The van der Waals surface area contributed by atoms with Crippen LogP contribution in [-0.4, -0.2) is 20.6 Å². The number of nitro benzene ring substituents is 1. The van der Waals surface area contributed by atoms with Crippen LogP contribution in [0.2, 0.25) is 5.02 Å². The van der Waals surface area contributed by atoms with E-state index in [9.17, 15) is 15.2 Å². The Labute approximate surface area is 211 Å². The summed E-state index contributed by atoms with van der Waals surface area (Å²) in [5, 5.41) is 34.1. The summed E-state index contributed by atoms with van der Waals surface area (Å²) in [4.78, 5) is 10.5. The quantitative estimate of drug-likeness (QED) is 0.113. The number of para-hydroxylation sites is 1. The molecule has 5 aromatic rings. The molecule has 8 nitrogen and oxygen atoms in total. The molecule has 0 fully saturated rings. The maximum absolute atomic E-state index is 13.2. The summed E-state index contributed by atoms with van der Waals surface area (Å²) >= 11 is 6.11. The molecule has 4 aromatic carbocycles. The third-order valence-corrected chi connectivity index (χ3v) is 5.70. The van der Waals surface area contributed by atoms with E-state index in [1.165, 1.54) is 28.9 Å². The van der Waals surface area contributed by atoms with Gasteiger partial charge in [-0.1, -0.05) is 62.5 Å². The van der Waals surface area contributed by atoms with E-state index in [1.807, 2.05) is 60.7 Å². The van der Waals surface area contributed by atoms with E-state index in [4.69, 9.17) is 16.7 Å². The van der Waals surface area contributed by atoms with Gasteiger partial charge in [0.2, 0.25) is 0 Å². The zero-order valence-corrected chi connectivity index (χ0v) is 19.5. The Hall–Kier alpha value is -4.82. The Kier molecular flexibility index (Phi) is 6.25. The van der Waals surface area contributed by atoms with E-state index in [1.54, 1.807) is 28.9 Å². The van der Waals surface area contributed by atoms with Crippen LogP contribution in [0.3, 0.4) is 0 Å². The van der Waals surface area contributed by atoms with Gasteiger partial charge in [-0.25, -0.2) is 0 Å². The van der Waals surface area contributed by atoms with Crippen LogP contribution in [0.15, 0.2) is 114 Å². The largest absolute Gasteiger partial charge is 0.856 e. The summed E-state index contributed by atoms with van der Waals surface area (Å²) in [7, 11) is 0. The molecule has 0 amide bonds. The van der Waals surface area contributed by atoms with Crippen molar-refractivity contribution in [2.24, 2.45) is 5.10 Å². The van der Waals surface area contributed by atoms with Crippen molar-refractivity contribution in [1.29, 1.82) is 0 Å². The minimum absolute atomic E-state index is 0.108. The fourth-order valence-electron chi connectivity index (χ4n) is 3.70. The topological polar surface area (TPSA) is 100 Å². The highest BCUT2D eigenvalue weighted by Gasteiger charge is 2.30. The molecule has 0 unspecified atom stereocenters. The van der Waals surface area contributed by atoms with Crippen molar-refractivity contribution in [2.75, 3.05) is 0 Å². The molecule has 36 heavy (non-hydrogen) atoms. The van der Waals surface area contributed by atoms with Gasteiger partial charge in [0.15, 0.2) is 5.69 Å². The summed E-state index contributed by atoms with van der Waals surface area (Å²) in [6.45, 7) is 0. The highest BCUT2D eigenvalue weighted by atomic mass is 35.5. The second kappa shape index (κ2) is 9.81. The first-order chi connectivity index (χ1) is 17.5. The van der Waals surface area contributed by atoms with Gasteiger partial charge in [-0.3, -0.25) is 10.1 Å². The Bertz CT molecular complexity index is 1550. The summed E-state index contributed by atoms with van der Waals surface area (Å²) in [5.41, 5.74) is 2.37. The van der Waals surface area contributed by atoms with Crippen molar-refractivity contribution in [1.82, 2.24) is 9.77 Å². The Morgan fingerprint density at radius 2 is 1.44 bits per heavy atom. The lowest BCUT2D eigenvalue weighted by atomic mass is 10.2. The molecule has 1 heterocycles. The minimum atomic E-state index is -0.574. The molecular formula is C27H18ClN5O3. The van der Waals surface area contributed by atoms with Gasteiger partial charge in [-0.05, 0) is 71.3 Å². The highest BCUT2D eigenvalue weighted by molar-refractivity contribution is 6.30. The number of hydrogen-bond acceptors (Lipinski definition) is 5. The zero-order valence-electron chi connectivity index (χ0n) is 18.7. The highest BCUT2D eigenvalue weighted by Crippen LogP contribution is 2.26. The molecule has 0 saturated carbocycles. The summed E-state index contributed by atoms with van der Waals surface area (Å²) < 4.78 is 3.22. The Balaban J connectivity index is 1.77. The third kappa shape index (κ3) is 4.57. The van der Waals surface area contributed by atoms with Crippen LogP contribution in [-0.2, 0) is 0 Å². The standard InChI is InChI=1S/C27H18ClN5O3/c28-22-15-11-19(12-16-22)25-29-31(23-9-5-2-6-10-23)27(21-7-3-1-4-8-21)32(25)30-26(34)20-13-17-24(18-14-20)33(35)36/h1-18H. The van der Waals surface area contributed by atoms with Crippen LogP contribution in [0.25, 0.3) is 28.5 Å². The lowest BCUT2D eigenvalue weighted by molar-refractivity contribution is -0.645. The van der Waals surface area contributed by atoms with Gasteiger partial charge < -0.3 is 5.11 Å². The van der Waals surface area contributed by atoms with Crippen LogP contribution in [0.5, 0.6) is 0 Å². The first kappa shape index (κ1) is 22.9. The van der Waals surface area contributed by atoms with Gasteiger partial charge in [0.25, 0.3) is 11.5 Å². The van der Waals surface area contributed by atoms with E-state index >= 15 is 0 Å². The minimum Gasteiger partial charge on any atom is -0.856 e. The lowest BCUT2D eigenvalue weighted by Crippen LogP contribution is -2.35. The molecule has 5 rings (SSSR count). The van der Waals surface area contributed by atoms with Gasteiger partial charge >= 0.3 is 5.82 Å². The third-order valence-electron chi connectivity index (χ3n) is 5.45. The first-order valence-corrected chi connectivity index (χ1v) is 11.3. The number of aromatic nitrogens is 3. The van der Waals surface area contributed by atoms with Crippen molar-refractivity contribution in [3.8, 4) is 28.5 Å². The number of hydrogen-bond donors (Lipinski definition) is 0. The fraction of sp³-hybridized carbons (Fsp3) is 0. The van der Waals surface area contributed by atoms with Crippen molar-refractivity contribution < 1.29 is 14.7 Å². The number of rotatable bonds is 6. The van der Waals surface area contributed by atoms with Gasteiger partial charge in [-0.2, -0.15) is 0 Å². The van der Waals surface area contributed by atoms with E-state index in [0.717, 1.165) is 11.3 Å². The molecule has 0 atom stereocenters. The molecule has 0 bridgehead atoms. The predicted octanol–water partition coefficient (Wildman–Crippen LogP) is 4.63. The van der Waals surface area contributed by atoms with Crippen LogP contribution >= 0.6 is 11.6 Å². The lowest BCUT2D eigenvalue weighted by Gasteiger charge is -2.09. The van der Waals surface area contributed by atoms with E-state index in [0.29, 0.717) is 22.2 Å². The van der Waals surface area contributed by atoms with Crippen LogP contribution in [0, 0.1) is 10.1 Å². The fourth-order valence-corrected chi connectivity index (χ4v) is 3.83. The van der Waals surface area contributed by atoms with Gasteiger partial charge in [0.1, 0.15) is 0 Å². The number of nitro groups is 1. The molecule has 176 valence electrons. The van der Waals surface area contributed by atoms with Crippen molar-refractivity contribution in [3.63, 3.8) is 0 Å². The van der Waals surface area contributed by atoms with Crippen molar-refractivity contribution >= 4 is 23.2 Å². The maximum atomic E-state index is 13.2. The van der Waals surface area contributed by atoms with Crippen LogP contribution in [0.4, 0.5) is 5.69 Å². The molecule has 0 radical (unpaired) electrons. The normalized spacial score (nSPS) is 11.4. The maximum Gasteiger partial charge on any atom is 0.342 e.